The Labute approximate surface area is 163 Å². The molecule has 1 saturated heterocycles. The van der Waals surface area contributed by atoms with Crippen LogP contribution in [0.1, 0.15) is 12.0 Å². The van der Waals surface area contributed by atoms with Crippen LogP contribution in [0.25, 0.3) is 11.2 Å². The van der Waals surface area contributed by atoms with Gasteiger partial charge in [0.2, 0.25) is 0 Å². The predicted octanol–water partition coefficient (Wildman–Crippen LogP) is 1.05. The van der Waals surface area contributed by atoms with E-state index in [9.17, 15) is 10.2 Å². The molecule has 1 aliphatic rings. The van der Waals surface area contributed by atoms with Crippen LogP contribution in [0, 0.1) is 3.57 Å². The van der Waals surface area contributed by atoms with Crippen molar-refractivity contribution in [1.82, 2.24) is 19.5 Å². The molecule has 0 amide bonds. The molecule has 136 valence electrons. The van der Waals surface area contributed by atoms with Crippen molar-refractivity contribution in [2.24, 2.45) is 0 Å². The highest BCUT2D eigenvalue weighted by atomic mass is 127. The molecule has 0 unspecified atom stereocenters. The quantitative estimate of drug-likeness (QED) is 0.491. The molecule has 0 aliphatic carbocycles. The lowest BCUT2D eigenvalue weighted by atomic mass is 9.97. The molecule has 4 rings (SSSR count). The lowest BCUT2D eigenvalue weighted by Crippen LogP contribution is -2.36. The zero-order chi connectivity index (χ0) is 18.3. The van der Waals surface area contributed by atoms with Crippen molar-refractivity contribution in [1.29, 1.82) is 0 Å². The minimum atomic E-state index is -0.921. The Morgan fingerprint density at radius 1 is 1.27 bits per heavy atom. The minimum Gasteiger partial charge on any atom is -0.394 e. The fourth-order valence-corrected chi connectivity index (χ4v) is 3.81. The second kappa shape index (κ2) is 6.72. The number of nitrogens with zero attached hydrogens (tertiary/aromatic N) is 4. The number of aliphatic hydroxyl groups excluding tert-OH is 2. The number of aromatic nitrogens is 4. The molecule has 3 aromatic rings. The highest BCUT2D eigenvalue weighted by molar-refractivity contribution is 14.1. The number of anilines is 1. The molecule has 0 bridgehead atoms. The number of aliphatic hydroxyl groups is 2. The Hall–Kier alpha value is -1.82. The molecule has 1 aromatic carbocycles. The summed E-state index contributed by atoms with van der Waals surface area (Å²) in [6.45, 7) is -0.265. The Balaban J connectivity index is 1.82. The van der Waals surface area contributed by atoms with Gasteiger partial charge >= 0.3 is 0 Å². The first-order valence-electron chi connectivity index (χ1n) is 8.17. The predicted molar refractivity (Wildman–Crippen MR) is 103 cm³/mol. The van der Waals surface area contributed by atoms with E-state index in [0.717, 1.165) is 9.13 Å². The van der Waals surface area contributed by atoms with Crippen LogP contribution in [0.5, 0.6) is 0 Å². The minimum absolute atomic E-state index is 0.265. The van der Waals surface area contributed by atoms with E-state index in [1.54, 1.807) is 10.9 Å². The SMILES string of the molecule is Nc1ncnc2c1ncn2[C@@]1(Cc2ccc(I)cc2)C[C@H](O)[C@@H](CO)O1. The Morgan fingerprint density at radius 3 is 2.73 bits per heavy atom. The van der Waals surface area contributed by atoms with Gasteiger partial charge in [-0.2, -0.15) is 0 Å². The smallest absolute Gasteiger partial charge is 0.167 e. The Kier molecular flexibility index (Phi) is 4.55. The molecule has 0 radical (unpaired) electrons. The van der Waals surface area contributed by atoms with Gasteiger partial charge < -0.3 is 20.7 Å². The van der Waals surface area contributed by atoms with Crippen molar-refractivity contribution < 1.29 is 14.9 Å². The largest absolute Gasteiger partial charge is 0.394 e. The topological polar surface area (TPSA) is 119 Å². The number of hydrogen-bond acceptors (Lipinski definition) is 7. The third-order valence-corrected chi connectivity index (χ3v) is 5.42. The van der Waals surface area contributed by atoms with E-state index in [-0.39, 0.29) is 12.4 Å². The van der Waals surface area contributed by atoms with Gasteiger partial charge in [-0.1, -0.05) is 12.1 Å². The van der Waals surface area contributed by atoms with Crippen molar-refractivity contribution in [3.05, 3.63) is 46.1 Å². The van der Waals surface area contributed by atoms with Crippen LogP contribution in [0.3, 0.4) is 0 Å². The molecule has 1 fully saturated rings. The van der Waals surface area contributed by atoms with Gasteiger partial charge in [0.1, 0.15) is 17.9 Å². The first-order chi connectivity index (χ1) is 12.5. The van der Waals surface area contributed by atoms with Crippen LogP contribution in [-0.2, 0) is 16.9 Å². The van der Waals surface area contributed by atoms with Gasteiger partial charge in [0, 0.05) is 16.4 Å². The summed E-state index contributed by atoms with van der Waals surface area (Å²) in [5.41, 5.74) is 7.05. The second-order valence-electron chi connectivity index (χ2n) is 6.41. The summed E-state index contributed by atoms with van der Waals surface area (Å²) in [6, 6.07) is 8.08. The van der Waals surface area contributed by atoms with E-state index >= 15 is 0 Å². The van der Waals surface area contributed by atoms with Crippen LogP contribution < -0.4 is 5.73 Å². The molecule has 3 heterocycles. The van der Waals surface area contributed by atoms with Gasteiger partial charge in [-0.3, -0.25) is 4.57 Å². The molecule has 2 aromatic heterocycles. The normalized spacial score (nSPS) is 25.8. The third kappa shape index (κ3) is 2.94. The average molecular weight is 467 g/mol. The zero-order valence-corrected chi connectivity index (χ0v) is 15.9. The summed E-state index contributed by atoms with van der Waals surface area (Å²) in [7, 11) is 0. The molecule has 9 heteroatoms. The van der Waals surface area contributed by atoms with Crippen molar-refractivity contribution in [3.63, 3.8) is 0 Å². The summed E-state index contributed by atoms with van der Waals surface area (Å²) in [4.78, 5) is 12.6. The fourth-order valence-electron chi connectivity index (χ4n) is 3.45. The number of ether oxygens (including phenoxy) is 1. The first kappa shape index (κ1) is 17.6. The maximum Gasteiger partial charge on any atom is 0.167 e. The summed E-state index contributed by atoms with van der Waals surface area (Å²) in [6.07, 6.45) is 2.32. The molecule has 4 N–H and O–H groups in total. The van der Waals surface area contributed by atoms with E-state index in [2.05, 4.69) is 37.5 Å². The maximum atomic E-state index is 10.4. The number of nitrogen functional groups attached to an aromatic ring is 1. The highest BCUT2D eigenvalue weighted by Crippen LogP contribution is 2.40. The van der Waals surface area contributed by atoms with E-state index < -0.39 is 17.9 Å². The van der Waals surface area contributed by atoms with Gasteiger partial charge in [0.05, 0.1) is 19.0 Å². The van der Waals surface area contributed by atoms with E-state index in [1.807, 2.05) is 24.3 Å². The van der Waals surface area contributed by atoms with Gasteiger partial charge in [-0.15, -0.1) is 0 Å². The Bertz CT molecular complexity index is 932. The number of fused-ring (bicyclic) bond motifs is 1. The van der Waals surface area contributed by atoms with Gasteiger partial charge in [-0.05, 0) is 40.3 Å². The third-order valence-electron chi connectivity index (χ3n) is 4.70. The summed E-state index contributed by atoms with van der Waals surface area (Å²) in [5.74, 6) is 0.287. The van der Waals surface area contributed by atoms with Crippen molar-refractivity contribution >= 4 is 39.6 Å². The van der Waals surface area contributed by atoms with Crippen molar-refractivity contribution in [2.75, 3.05) is 12.3 Å². The standard InChI is InChI=1S/C17H18IN5O3/c18-11-3-1-10(2-4-11)5-17(6-12(25)13(7-24)26-17)23-9-22-14-15(19)20-8-21-16(14)23/h1-4,8-9,12-13,24-25H,5-7H2,(H2,19,20,21)/t12-,13+,17+/m0/s1. The summed E-state index contributed by atoms with van der Waals surface area (Å²) in [5, 5.41) is 20.0. The van der Waals surface area contributed by atoms with E-state index in [1.165, 1.54) is 6.33 Å². The van der Waals surface area contributed by atoms with Crippen molar-refractivity contribution in [2.45, 2.75) is 30.8 Å². The number of rotatable bonds is 4. The summed E-state index contributed by atoms with van der Waals surface area (Å²) >= 11 is 2.25. The van der Waals surface area contributed by atoms with E-state index in [4.69, 9.17) is 10.5 Å². The van der Waals surface area contributed by atoms with Gasteiger partial charge in [0.25, 0.3) is 0 Å². The molecule has 0 spiro atoms. The van der Waals surface area contributed by atoms with Crippen LogP contribution >= 0.6 is 22.6 Å². The Morgan fingerprint density at radius 2 is 2.04 bits per heavy atom. The number of nitrogens with two attached hydrogens (primary N) is 1. The molecular weight excluding hydrogens is 449 g/mol. The highest BCUT2D eigenvalue weighted by Gasteiger charge is 2.48. The van der Waals surface area contributed by atoms with Crippen LogP contribution in [0.15, 0.2) is 36.9 Å². The van der Waals surface area contributed by atoms with Gasteiger partial charge in [0.15, 0.2) is 17.2 Å². The molecule has 1 aliphatic heterocycles. The molecular formula is C17H18IN5O3. The number of benzene rings is 1. The monoisotopic (exact) mass is 467 g/mol. The second-order valence-corrected chi connectivity index (χ2v) is 7.65. The lowest BCUT2D eigenvalue weighted by molar-refractivity contribution is -0.114. The lowest BCUT2D eigenvalue weighted by Gasteiger charge is -2.31. The van der Waals surface area contributed by atoms with Gasteiger partial charge in [-0.25, -0.2) is 15.0 Å². The first-order valence-corrected chi connectivity index (χ1v) is 9.25. The molecule has 8 nitrogen and oxygen atoms in total. The van der Waals surface area contributed by atoms with Crippen molar-refractivity contribution in [3.8, 4) is 0 Å². The number of halogens is 1. The zero-order valence-electron chi connectivity index (χ0n) is 13.8. The van der Waals surface area contributed by atoms with E-state index in [0.29, 0.717) is 24.0 Å². The van der Waals surface area contributed by atoms with Crippen LogP contribution in [-0.4, -0.2) is 48.5 Å². The summed E-state index contributed by atoms with van der Waals surface area (Å²) < 4.78 is 9.08. The van der Waals surface area contributed by atoms with Crippen LogP contribution in [0.4, 0.5) is 5.82 Å². The number of hydrogen-bond donors (Lipinski definition) is 3. The molecule has 26 heavy (non-hydrogen) atoms. The fraction of sp³-hybridized carbons (Fsp3) is 0.353. The van der Waals surface area contributed by atoms with Crippen LogP contribution in [0.2, 0.25) is 0 Å². The number of imidazole rings is 1. The average Bonchev–Trinajstić information content (AvgIpc) is 3.20. The molecule has 3 atom stereocenters. The maximum absolute atomic E-state index is 10.4. The molecule has 0 saturated carbocycles.